The Hall–Kier alpha value is -2.92. The number of benzene rings is 2. The standard InChI is InChI=1S/C29H34N2O2S/c1-21(2)23-13-15-26(16-14-23)31(27(32)19-22-17-18-34-20-22)28(24-9-5-3-6-10-24)29(33)30-25-11-7-4-8-12-25/h3,5-6,9-10,13-18,20-21,25,28H,4,7-8,11-12,19H2,1-2H3,(H,30,33)/t28-/m1/s1. The molecule has 5 heteroatoms. The molecule has 0 aliphatic heterocycles. The molecule has 2 aromatic carbocycles. The minimum atomic E-state index is -0.723. The van der Waals surface area contributed by atoms with Gasteiger partial charge in [-0.2, -0.15) is 11.3 Å². The van der Waals surface area contributed by atoms with Crippen LogP contribution in [0.15, 0.2) is 71.4 Å². The molecule has 2 amide bonds. The Morgan fingerprint density at radius 2 is 1.65 bits per heavy atom. The van der Waals surface area contributed by atoms with Gasteiger partial charge in [0, 0.05) is 11.7 Å². The number of rotatable bonds is 8. The second-order valence-electron chi connectivity index (χ2n) is 9.48. The summed E-state index contributed by atoms with van der Waals surface area (Å²) in [5.74, 6) is 0.205. The Balaban J connectivity index is 1.72. The molecule has 1 atom stereocenters. The number of nitrogens with one attached hydrogen (secondary N) is 1. The number of hydrogen-bond donors (Lipinski definition) is 1. The van der Waals surface area contributed by atoms with E-state index >= 15 is 0 Å². The fraction of sp³-hybridized carbons (Fsp3) is 0.379. The summed E-state index contributed by atoms with van der Waals surface area (Å²) in [6, 6.07) is 19.2. The van der Waals surface area contributed by atoms with Crippen molar-refractivity contribution < 1.29 is 9.59 Å². The molecule has 0 spiro atoms. The van der Waals surface area contributed by atoms with Crippen molar-refractivity contribution in [3.8, 4) is 0 Å². The molecular weight excluding hydrogens is 440 g/mol. The number of carbonyl (C=O) groups is 2. The van der Waals surface area contributed by atoms with Gasteiger partial charge in [0.2, 0.25) is 11.8 Å². The molecule has 1 saturated carbocycles. The largest absolute Gasteiger partial charge is 0.351 e. The van der Waals surface area contributed by atoms with E-state index in [2.05, 4.69) is 31.3 Å². The van der Waals surface area contributed by atoms with Crippen molar-refractivity contribution >= 4 is 28.8 Å². The lowest BCUT2D eigenvalue weighted by atomic mass is 9.94. The number of amides is 2. The van der Waals surface area contributed by atoms with Crippen LogP contribution in [0.5, 0.6) is 0 Å². The van der Waals surface area contributed by atoms with Crippen molar-refractivity contribution in [3.63, 3.8) is 0 Å². The summed E-state index contributed by atoms with van der Waals surface area (Å²) in [6.45, 7) is 4.30. The van der Waals surface area contributed by atoms with Crippen LogP contribution in [0.4, 0.5) is 5.69 Å². The molecule has 1 aromatic heterocycles. The van der Waals surface area contributed by atoms with Crippen molar-refractivity contribution in [2.45, 2.75) is 70.4 Å². The first kappa shape index (κ1) is 24.2. The van der Waals surface area contributed by atoms with Crippen molar-refractivity contribution in [3.05, 3.63) is 88.1 Å². The minimum Gasteiger partial charge on any atom is -0.351 e. The van der Waals surface area contributed by atoms with Crippen molar-refractivity contribution in [1.82, 2.24) is 5.32 Å². The predicted octanol–water partition coefficient (Wildman–Crippen LogP) is 6.64. The van der Waals surface area contributed by atoms with E-state index in [4.69, 9.17) is 0 Å². The molecule has 1 aliphatic carbocycles. The molecule has 0 bridgehead atoms. The zero-order valence-electron chi connectivity index (χ0n) is 20.1. The maximum Gasteiger partial charge on any atom is 0.248 e. The maximum absolute atomic E-state index is 13.8. The van der Waals surface area contributed by atoms with E-state index in [-0.39, 0.29) is 24.3 Å². The Bertz CT molecular complexity index is 1060. The van der Waals surface area contributed by atoms with Gasteiger partial charge in [-0.25, -0.2) is 0 Å². The zero-order chi connectivity index (χ0) is 23.9. The third-order valence-corrected chi connectivity index (χ3v) is 7.35. The lowest BCUT2D eigenvalue weighted by Gasteiger charge is -2.33. The molecule has 34 heavy (non-hydrogen) atoms. The van der Waals surface area contributed by atoms with Gasteiger partial charge in [-0.05, 0) is 64.4 Å². The number of thiophene rings is 1. The predicted molar refractivity (Wildman–Crippen MR) is 140 cm³/mol. The lowest BCUT2D eigenvalue weighted by molar-refractivity contribution is -0.127. The van der Waals surface area contributed by atoms with Gasteiger partial charge in [0.25, 0.3) is 0 Å². The molecule has 0 saturated heterocycles. The summed E-state index contributed by atoms with van der Waals surface area (Å²) in [5, 5.41) is 7.26. The van der Waals surface area contributed by atoms with Crippen LogP contribution in [-0.2, 0) is 16.0 Å². The van der Waals surface area contributed by atoms with Gasteiger partial charge in [0.1, 0.15) is 6.04 Å². The lowest BCUT2D eigenvalue weighted by Crippen LogP contribution is -2.47. The zero-order valence-corrected chi connectivity index (χ0v) is 20.9. The summed E-state index contributed by atoms with van der Waals surface area (Å²) in [5.41, 5.74) is 3.75. The van der Waals surface area contributed by atoms with E-state index < -0.39 is 6.04 Å². The number of hydrogen-bond acceptors (Lipinski definition) is 3. The van der Waals surface area contributed by atoms with Crippen LogP contribution in [0.25, 0.3) is 0 Å². The quantitative estimate of drug-likeness (QED) is 0.398. The highest BCUT2D eigenvalue weighted by molar-refractivity contribution is 7.08. The molecule has 1 aliphatic rings. The van der Waals surface area contributed by atoms with Gasteiger partial charge in [0.05, 0.1) is 6.42 Å². The van der Waals surface area contributed by atoms with Crippen LogP contribution in [-0.4, -0.2) is 17.9 Å². The highest BCUT2D eigenvalue weighted by Gasteiger charge is 2.34. The van der Waals surface area contributed by atoms with E-state index in [1.165, 1.54) is 12.0 Å². The molecule has 4 nitrogen and oxygen atoms in total. The van der Waals surface area contributed by atoms with E-state index in [0.29, 0.717) is 5.92 Å². The van der Waals surface area contributed by atoms with Gasteiger partial charge < -0.3 is 5.32 Å². The molecular formula is C29H34N2O2S. The van der Waals surface area contributed by atoms with Crippen LogP contribution >= 0.6 is 11.3 Å². The SMILES string of the molecule is CC(C)c1ccc(N(C(=O)Cc2ccsc2)[C@@H](C(=O)NC2CCCCC2)c2ccccc2)cc1. The van der Waals surface area contributed by atoms with Gasteiger partial charge in [-0.1, -0.05) is 75.6 Å². The Morgan fingerprint density at radius 1 is 0.941 bits per heavy atom. The summed E-state index contributed by atoms with van der Waals surface area (Å²) in [7, 11) is 0. The average molecular weight is 475 g/mol. The molecule has 1 heterocycles. The molecule has 178 valence electrons. The molecule has 1 fully saturated rings. The fourth-order valence-corrected chi connectivity index (χ4v) is 5.36. The topological polar surface area (TPSA) is 49.4 Å². The van der Waals surface area contributed by atoms with Crippen molar-refractivity contribution in [2.75, 3.05) is 4.90 Å². The minimum absolute atomic E-state index is 0.0802. The van der Waals surface area contributed by atoms with E-state index in [0.717, 1.165) is 42.5 Å². The third kappa shape index (κ3) is 5.95. The first-order valence-electron chi connectivity index (χ1n) is 12.3. The summed E-state index contributed by atoms with van der Waals surface area (Å²) < 4.78 is 0. The fourth-order valence-electron chi connectivity index (χ4n) is 4.69. The Morgan fingerprint density at radius 3 is 2.26 bits per heavy atom. The van der Waals surface area contributed by atoms with E-state index in [1.807, 2.05) is 59.3 Å². The summed E-state index contributed by atoms with van der Waals surface area (Å²) in [4.78, 5) is 29.3. The number of nitrogens with zero attached hydrogens (tertiary/aromatic N) is 1. The summed E-state index contributed by atoms with van der Waals surface area (Å²) >= 11 is 1.58. The molecule has 3 aromatic rings. The van der Waals surface area contributed by atoms with Crippen LogP contribution in [0.3, 0.4) is 0 Å². The first-order chi connectivity index (χ1) is 16.5. The molecule has 0 unspecified atom stereocenters. The second kappa shape index (κ2) is 11.5. The number of anilines is 1. The Kier molecular flexibility index (Phi) is 8.17. The first-order valence-corrected chi connectivity index (χ1v) is 13.3. The summed E-state index contributed by atoms with van der Waals surface area (Å²) in [6.07, 6.45) is 5.76. The third-order valence-electron chi connectivity index (χ3n) is 6.62. The normalized spacial score (nSPS) is 15.1. The monoisotopic (exact) mass is 474 g/mol. The van der Waals surface area contributed by atoms with Crippen molar-refractivity contribution in [1.29, 1.82) is 0 Å². The second-order valence-corrected chi connectivity index (χ2v) is 10.3. The Labute approximate surface area is 207 Å². The van der Waals surface area contributed by atoms with Gasteiger partial charge in [-0.3, -0.25) is 14.5 Å². The van der Waals surface area contributed by atoms with Gasteiger partial charge in [0.15, 0.2) is 0 Å². The van der Waals surface area contributed by atoms with E-state index in [9.17, 15) is 9.59 Å². The number of carbonyl (C=O) groups excluding carboxylic acids is 2. The molecule has 4 rings (SSSR count). The maximum atomic E-state index is 13.8. The van der Waals surface area contributed by atoms with Crippen LogP contribution in [0, 0.1) is 0 Å². The van der Waals surface area contributed by atoms with Crippen LogP contribution in [0.2, 0.25) is 0 Å². The average Bonchev–Trinajstić information content (AvgIpc) is 3.36. The van der Waals surface area contributed by atoms with Gasteiger partial charge >= 0.3 is 0 Å². The van der Waals surface area contributed by atoms with Gasteiger partial charge in [-0.15, -0.1) is 0 Å². The smallest absolute Gasteiger partial charge is 0.248 e. The highest BCUT2D eigenvalue weighted by Crippen LogP contribution is 2.31. The molecule has 0 radical (unpaired) electrons. The van der Waals surface area contributed by atoms with Crippen LogP contribution < -0.4 is 10.2 Å². The molecule has 1 N–H and O–H groups in total. The van der Waals surface area contributed by atoms with Crippen LogP contribution in [0.1, 0.15) is 74.6 Å². The highest BCUT2D eigenvalue weighted by atomic mass is 32.1. The van der Waals surface area contributed by atoms with Crippen molar-refractivity contribution in [2.24, 2.45) is 0 Å². The van der Waals surface area contributed by atoms with E-state index in [1.54, 1.807) is 16.2 Å².